The van der Waals surface area contributed by atoms with Gasteiger partial charge < -0.3 is 16.8 Å². The summed E-state index contributed by atoms with van der Waals surface area (Å²) in [5.41, 5.74) is 11.3. The van der Waals surface area contributed by atoms with Gasteiger partial charge in [0.25, 0.3) is 0 Å². The predicted molar refractivity (Wildman–Crippen MR) is 54.0 cm³/mol. The normalized spacial score (nSPS) is 16.0. The van der Waals surface area contributed by atoms with Crippen LogP contribution in [0.3, 0.4) is 0 Å². The Morgan fingerprint density at radius 3 is 2.50 bits per heavy atom. The molecule has 0 radical (unpaired) electrons. The molecular formula is C9H23N3. The van der Waals surface area contributed by atoms with Crippen LogP contribution in [0.15, 0.2) is 0 Å². The van der Waals surface area contributed by atoms with E-state index in [1.165, 1.54) is 0 Å². The molecule has 3 nitrogen and oxygen atoms in total. The highest BCUT2D eigenvalue weighted by atomic mass is 14.9. The summed E-state index contributed by atoms with van der Waals surface area (Å²) < 4.78 is 0. The van der Waals surface area contributed by atoms with E-state index in [0.29, 0.717) is 12.1 Å². The van der Waals surface area contributed by atoms with Crippen molar-refractivity contribution < 1.29 is 0 Å². The Hall–Kier alpha value is -0.120. The molecule has 74 valence electrons. The van der Waals surface area contributed by atoms with Crippen molar-refractivity contribution in [3.8, 4) is 0 Å². The molecule has 0 saturated carbocycles. The molecule has 1 unspecified atom stereocenters. The number of hydrogen-bond acceptors (Lipinski definition) is 3. The van der Waals surface area contributed by atoms with Crippen LogP contribution in [-0.2, 0) is 0 Å². The number of hydrogen-bond donors (Lipinski definition) is 3. The van der Waals surface area contributed by atoms with E-state index in [2.05, 4.69) is 12.2 Å². The van der Waals surface area contributed by atoms with Gasteiger partial charge in [0.2, 0.25) is 0 Å². The molecule has 0 heterocycles. The Kier molecular flexibility index (Phi) is 7.45. The van der Waals surface area contributed by atoms with Gasteiger partial charge >= 0.3 is 0 Å². The molecule has 0 saturated heterocycles. The summed E-state index contributed by atoms with van der Waals surface area (Å²) in [5.74, 6) is 0. The summed E-state index contributed by atoms with van der Waals surface area (Å²) >= 11 is 0. The van der Waals surface area contributed by atoms with E-state index in [0.717, 1.165) is 32.2 Å². The van der Waals surface area contributed by atoms with Crippen LogP contribution in [-0.4, -0.2) is 25.7 Å². The quantitative estimate of drug-likeness (QED) is 0.490. The number of nitrogens with two attached hydrogens (primary N) is 2. The topological polar surface area (TPSA) is 64.1 Å². The second kappa shape index (κ2) is 7.53. The molecule has 0 aliphatic carbocycles. The number of rotatable bonds is 7. The second-order valence-electron chi connectivity index (χ2n) is 3.47. The van der Waals surface area contributed by atoms with Gasteiger partial charge in [-0.2, -0.15) is 0 Å². The summed E-state index contributed by atoms with van der Waals surface area (Å²) in [5, 5.41) is 3.18. The molecule has 5 N–H and O–H groups in total. The Bertz CT molecular complexity index is 95.8. The van der Waals surface area contributed by atoms with Crippen LogP contribution in [0.1, 0.15) is 32.6 Å². The van der Waals surface area contributed by atoms with Crippen LogP contribution in [0.5, 0.6) is 0 Å². The van der Waals surface area contributed by atoms with E-state index in [4.69, 9.17) is 11.5 Å². The zero-order valence-corrected chi connectivity index (χ0v) is 8.34. The Balaban J connectivity index is 3.26. The lowest BCUT2D eigenvalue weighted by molar-refractivity contribution is 0.460. The maximum absolute atomic E-state index is 5.91. The SMILES string of the molecule is CNC(C)C[C@H](N)CCCCN. The van der Waals surface area contributed by atoms with Gasteiger partial charge in [0.05, 0.1) is 0 Å². The first kappa shape index (κ1) is 11.9. The van der Waals surface area contributed by atoms with Crippen molar-refractivity contribution in [2.45, 2.75) is 44.7 Å². The smallest absolute Gasteiger partial charge is 0.00535 e. The average Bonchev–Trinajstić information content (AvgIpc) is 2.05. The van der Waals surface area contributed by atoms with Gasteiger partial charge in [-0.1, -0.05) is 6.42 Å². The van der Waals surface area contributed by atoms with Crippen LogP contribution in [0, 0.1) is 0 Å². The first-order valence-electron chi connectivity index (χ1n) is 4.83. The van der Waals surface area contributed by atoms with Crippen molar-refractivity contribution in [1.29, 1.82) is 0 Å². The summed E-state index contributed by atoms with van der Waals surface area (Å²) in [6.07, 6.45) is 4.42. The monoisotopic (exact) mass is 173 g/mol. The third-order valence-corrected chi connectivity index (χ3v) is 2.18. The maximum Gasteiger partial charge on any atom is 0.00535 e. The van der Waals surface area contributed by atoms with E-state index >= 15 is 0 Å². The molecule has 0 aromatic heterocycles. The minimum atomic E-state index is 0.332. The lowest BCUT2D eigenvalue weighted by Gasteiger charge is -2.16. The Morgan fingerprint density at radius 1 is 1.33 bits per heavy atom. The lowest BCUT2D eigenvalue weighted by Crippen LogP contribution is -2.31. The molecule has 0 spiro atoms. The highest BCUT2D eigenvalue weighted by molar-refractivity contribution is 4.68. The Labute approximate surface area is 75.9 Å². The number of nitrogens with one attached hydrogen (secondary N) is 1. The van der Waals surface area contributed by atoms with E-state index in [1.54, 1.807) is 0 Å². The zero-order chi connectivity index (χ0) is 9.40. The van der Waals surface area contributed by atoms with Gasteiger partial charge in [-0.05, 0) is 39.8 Å². The first-order chi connectivity index (χ1) is 5.70. The minimum absolute atomic E-state index is 0.332. The first-order valence-corrected chi connectivity index (χ1v) is 4.83. The fourth-order valence-electron chi connectivity index (χ4n) is 1.24. The van der Waals surface area contributed by atoms with Gasteiger partial charge in [0.1, 0.15) is 0 Å². The largest absolute Gasteiger partial charge is 0.330 e. The van der Waals surface area contributed by atoms with Crippen LogP contribution in [0.25, 0.3) is 0 Å². The molecule has 0 aliphatic rings. The van der Waals surface area contributed by atoms with Crippen molar-refractivity contribution in [3.63, 3.8) is 0 Å². The molecule has 0 bridgehead atoms. The zero-order valence-electron chi connectivity index (χ0n) is 8.34. The molecule has 0 amide bonds. The molecule has 0 aromatic carbocycles. The summed E-state index contributed by atoms with van der Waals surface area (Å²) in [4.78, 5) is 0. The lowest BCUT2D eigenvalue weighted by atomic mass is 10.0. The van der Waals surface area contributed by atoms with Gasteiger partial charge in [0.15, 0.2) is 0 Å². The highest BCUT2D eigenvalue weighted by Crippen LogP contribution is 2.03. The van der Waals surface area contributed by atoms with E-state index in [1.807, 2.05) is 7.05 Å². The van der Waals surface area contributed by atoms with Crippen molar-refractivity contribution in [2.24, 2.45) is 11.5 Å². The summed E-state index contributed by atoms with van der Waals surface area (Å²) in [6, 6.07) is 0.858. The number of unbranched alkanes of at least 4 members (excludes halogenated alkanes) is 1. The van der Waals surface area contributed by atoms with Crippen LogP contribution >= 0.6 is 0 Å². The highest BCUT2D eigenvalue weighted by Gasteiger charge is 2.06. The molecule has 0 rings (SSSR count). The third kappa shape index (κ3) is 6.58. The van der Waals surface area contributed by atoms with Crippen molar-refractivity contribution in [1.82, 2.24) is 5.32 Å². The summed E-state index contributed by atoms with van der Waals surface area (Å²) in [6.45, 7) is 2.94. The van der Waals surface area contributed by atoms with E-state index < -0.39 is 0 Å². The predicted octanol–water partition coefficient (Wildman–Crippen LogP) is 0.441. The molecule has 0 aromatic rings. The maximum atomic E-state index is 5.91. The van der Waals surface area contributed by atoms with E-state index in [-0.39, 0.29) is 0 Å². The van der Waals surface area contributed by atoms with Crippen molar-refractivity contribution >= 4 is 0 Å². The van der Waals surface area contributed by atoms with Crippen LogP contribution in [0.4, 0.5) is 0 Å². The molecular weight excluding hydrogens is 150 g/mol. The van der Waals surface area contributed by atoms with Gasteiger partial charge in [-0.25, -0.2) is 0 Å². The molecule has 3 heteroatoms. The van der Waals surface area contributed by atoms with E-state index in [9.17, 15) is 0 Å². The molecule has 0 fully saturated rings. The van der Waals surface area contributed by atoms with Crippen molar-refractivity contribution in [3.05, 3.63) is 0 Å². The van der Waals surface area contributed by atoms with Crippen LogP contribution < -0.4 is 16.8 Å². The van der Waals surface area contributed by atoms with Gasteiger partial charge in [-0.3, -0.25) is 0 Å². The van der Waals surface area contributed by atoms with Crippen molar-refractivity contribution in [2.75, 3.05) is 13.6 Å². The second-order valence-corrected chi connectivity index (χ2v) is 3.47. The standard InChI is InChI=1S/C9H23N3/c1-8(12-2)7-9(11)5-3-4-6-10/h8-9,12H,3-7,10-11H2,1-2H3/t8?,9-/m1/s1. The Morgan fingerprint density at radius 2 is 2.00 bits per heavy atom. The average molecular weight is 173 g/mol. The summed E-state index contributed by atoms with van der Waals surface area (Å²) in [7, 11) is 1.97. The third-order valence-electron chi connectivity index (χ3n) is 2.18. The molecule has 12 heavy (non-hydrogen) atoms. The minimum Gasteiger partial charge on any atom is -0.330 e. The molecule has 2 atom stereocenters. The van der Waals surface area contributed by atoms with Gasteiger partial charge in [0, 0.05) is 12.1 Å². The van der Waals surface area contributed by atoms with Crippen LogP contribution in [0.2, 0.25) is 0 Å². The fourth-order valence-corrected chi connectivity index (χ4v) is 1.24. The fraction of sp³-hybridized carbons (Fsp3) is 1.00. The van der Waals surface area contributed by atoms with Gasteiger partial charge in [-0.15, -0.1) is 0 Å². The molecule has 0 aliphatic heterocycles.